The number of ether oxygens (including phenoxy) is 5. The fourth-order valence-electron chi connectivity index (χ4n) is 8.53. The minimum Gasteiger partial charge on any atom is -0.490 e. The Labute approximate surface area is 465 Å². The van der Waals surface area contributed by atoms with Crippen LogP contribution in [0, 0.1) is 24.2 Å². The molecule has 4 amide bonds. The number of fused-ring (bicyclic) bond motifs is 1. The third kappa shape index (κ3) is 19.0. The third-order valence-corrected chi connectivity index (χ3v) is 13.6. The number of likely N-dealkylation sites (tertiary alicyclic amines) is 1. The van der Waals surface area contributed by atoms with E-state index in [0.717, 1.165) is 21.7 Å². The van der Waals surface area contributed by atoms with Gasteiger partial charge in [0, 0.05) is 39.0 Å². The fourth-order valence-corrected chi connectivity index (χ4v) is 9.34. The van der Waals surface area contributed by atoms with Gasteiger partial charge in [0.25, 0.3) is 0 Å². The topological polar surface area (TPSA) is 295 Å². The number of anilines is 1. The van der Waals surface area contributed by atoms with Crippen LogP contribution in [-0.4, -0.2) is 167 Å². The van der Waals surface area contributed by atoms with Gasteiger partial charge in [0.05, 0.1) is 81.7 Å². The highest BCUT2D eigenvalue weighted by Crippen LogP contribution is 2.34. The largest absolute Gasteiger partial charge is 0.490 e. The molecule has 24 heteroatoms. The van der Waals surface area contributed by atoms with E-state index < -0.39 is 23.1 Å². The molecule has 1 aliphatic rings. The molecule has 5 aromatic rings. The molecule has 4 aromatic heterocycles. The molecule has 1 unspecified atom stereocenters. The van der Waals surface area contributed by atoms with Crippen LogP contribution in [0.3, 0.4) is 0 Å². The molecule has 2 atom stereocenters. The fraction of sp³-hybridized carbons (Fsp3) is 0.582. The summed E-state index contributed by atoms with van der Waals surface area (Å²) in [7, 11) is 0. The number of nitrogens with zero attached hydrogens (tertiary/aromatic N) is 7. The van der Waals surface area contributed by atoms with Gasteiger partial charge in [0.2, 0.25) is 23.6 Å². The molecule has 1 aromatic carbocycles. The van der Waals surface area contributed by atoms with Crippen molar-refractivity contribution in [2.45, 2.75) is 118 Å². The van der Waals surface area contributed by atoms with E-state index in [-0.39, 0.29) is 54.8 Å². The van der Waals surface area contributed by atoms with Gasteiger partial charge in [-0.1, -0.05) is 51.0 Å². The number of imidazole rings is 1. The summed E-state index contributed by atoms with van der Waals surface area (Å²) in [5.74, 6) is 5.92. The van der Waals surface area contributed by atoms with Crippen molar-refractivity contribution in [3.63, 3.8) is 0 Å². The molecular formula is C55H78N12O11S. The molecule has 430 valence electrons. The molecule has 23 nitrogen and oxygen atoms in total. The van der Waals surface area contributed by atoms with Crippen LogP contribution in [-0.2, 0) is 51.2 Å². The Balaban J connectivity index is 0.741. The second-order valence-electron chi connectivity index (χ2n) is 20.5. The Morgan fingerprint density at radius 1 is 0.873 bits per heavy atom. The number of nitrogens with one attached hydrogen (secondary N) is 4. The summed E-state index contributed by atoms with van der Waals surface area (Å²) >= 11 is 1.59. The Morgan fingerprint density at radius 2 is 1.57 bits per heavy atom. The summed E-state index contributed by atoms with van der Waals surface area (Å²) in [5.41, 5.74) is 10.8. The number of aromatic nitrogens is 6. The van der Waals surface area contributed by atoms with Gasteiger partial charge in [-0.25, -0.2) is 19.6 Å². The quantitative estimate of drug-likeness (QED) is 0.0260. The summed E-state index contributed by atoms with van der Waals surface area (Å²) in [4.78, 5) is 68.9. The van der Waals surface area contributed by atoms with Gasteiger partial charge >= 0.3 is 0 Å². The molecule has 5 heterocycles. The zero-order valence-electron chi connectivity index (χ0n) is 46.6. The van der Waals surface area contributed by atoms with E-state index >= 15 is 0 Å². The van der Waals surface area contributed by atoms with E-state index in [0.29, 0.717) is 146 Å². The lowest BCUT2D eigenvalue weighted by Gasteiger charge is -2.35. The number of carbonyl (C=O) groups is 4. The molecule has 0 radical (unpaired) electrons. The second-order valence-corrected chi connectivity index (χ2v) is 21.4. The van der Waals surface area contributed by atoms with Crippen molar-refractivity contribution in [3.05, 3.63) is 52.9 Å². The van der Waals surface area contributed by atoms with Gasteiger partial charge in [-0.15, -0.1) is 11.3 Å². The van der Waals surface area contributed by atoms with Gasteiger partial charge in [-0.3, -0.25) is 19.2 Å². The predicted molar refractivity (Wildman–Crippen MR) is 297 cm³/mol. The molecule has 0 saturated carbocycles. The van der Waals surface area contributed by atoms with Crippen molar-refractivity contribution in [1.29, 1.82) is 0 Å². The molecule has 1 aliphatic heterocycles. The first kappa shape index (κ1) is 61.6. The first-order valence-corrected chi connectivity index (χ1v) is 27.8. The molecule has 7 N–H and O–H groups in total. The molecule has 1 fully saturated rings. The SMILES string of the molecule is CCn1c(-c2nonc2N)nc2c(C#CC(C)(C)O)ncc(OCCCNCCCC(=O)NCCOCCOCCOCCOCCC(=O)NC(C(=O)N3CCC[C@H]3C(=O)NCc3ccc(-c4scnc4C)cc3)C(C)(C)C)c21. The van der Waals surface area contributed by atoms with Gasteiger partial charge in [0.1, 0.15) is 34.4 Å². The van der Waals surface area contributed by atoms with Crippen LogP contribution >= 0.6 is 11.3 Å². The number of hydrogen-bond donors (Lipinski definition) is 6. The van der Waals surface area contributed by atoms with Crippen molar-refractivity contribution in [3.8, 4) is 39.5 Å². The first-order chi connectivity index (χ1) is 37.9. The summed E-state index contributed by atoms with van der Waals surface area (Å²) < 4.78 is 35.2. The van der Waals surface area contributed by atoms with E-state index in [1.54, 1.807) is 36.3 Å². The number of nitrogens with two attached hydrogens (primary N) is 1. The molecule has 79 heavy (non-hydrogen) atoms. The zero-order chi connectivity index (χ0) is 56.8. The van der Waals surface area contributed by atoms with E-state index in [4.69, 9.17) is 39.0 Å². The maximum atomic E-state index is 13.9. The summed E-state index contributed by atoms with van der Waals surface area (Å²) in [6.07, 6.45) is 4.66. The predicted octanol–water partition coefficient (Wildman–Crippen LogP) is 4.19. The van der Waals surface area contributed by atoms with Crippen molar-refractivity contribution < 1.29 is 52.6 Å². The van der Waals surface area contributed by atoms with E-state index in [9.17, 15) is 24.3 Å². The number of benzene rings is 1. The summed E-state index contributed by atoms with van der Waals surface area (Å²) in [6.45, 7) is 18.8. The van der Waals surface area contributed by atoms with E-state index in [2.05, 4.69) is 53.4 Å². The van der Waals surface area contributed by atoms with Crippen LogP contribution < -0.4 is 31.7 Å². The lowest BCUT2D eigenvalue weighted by Crippen LogP contribution is -2.57. The number of rotatable bonds is 32. The normalized spacial score (nSPS) is 14.0. The Morgan fingerprint density at radius 3 is 2.22 bits per heavy atom. The van der Waals surface area contributed by atoms with Gasteiger partial charge in [-0.05, 0) is 99.2 Å². The van der Waals surface area contributed by atoms with E-state index in [1.165, 1.54) is 0 Å². The zero-order valence-corrected chi connectivity index (χ0v) is 47.4. The number of amides is 4. The molecule has 0 aliphatic carbocycles. The highest BCUT2D eigenvalue weighted by molar-refractivity contribution is 7.13. The lowest BCUT2D eigenvalue weighted by atomic mass is 9.85. The molecule has 6 rings (SSSR count). The molecular weight excluding hydrogens is 1040 g/mol. The molecule has 0 bridgehead atoms. The average molecular weight is 1120 g/mol. The van der Waals surface area contributed by atoms with E-state index in [1.807, 2.05) is 69.0 Å². The Kier molecular flexibility index (Phi) is 23.9. The maximum Gasteiger partial charge on any atom is 0.246 e. The van der Waals surface area contributed by atoms with Crippen LogP contribution in [0.1, 0.15) is 97.0 Å². The number of thiazole rings is 1. The number of carbonyl (C=O) groups excluding carboxylic acids is 4. The standard InChI is InChI=1S/C55H78N12O11S/c1-8-66-47-42(35-59-40(18-20-55(6,7)72)45(47)63-51(66)46-50(56)65-78-64-46)77-25-11-22-57-21-9-13-43(68)58-23-27-74-29-31-76-33-32-75-30-28-73-26-19-44(69)62-49(54(3,4)5)53(71)67-24-10-12-41(67)52(70)60-34-38-14-16-39(17-15-38)48-37(2)61-36-79-48/h14-17,35-36,41,49,57,72H,8-13,19,21-34H2,1-7H3,(H2,56,65)(H,58,68)(H,60,70)(H,62,69)/t41-,49?/m0/s1. The number of hydrogen-bond acceptors (Lipinski definition) is 19. The van der Waals surface area contributed by atoms with Crippen molar-refractivity contribution >= 4 is 51.8 Å². The highest BCUT2D eigenvalue weighted by atomic mass is 32.1. The lowest BCUT2D eigenvalue weighted by molar-refractivity contribution is -0.144. The highest BCUT2D eigenvalue weighted by Gasteiger charge is 2.42. The number of nitrogen functional groups attached to an aromatic ring is 1. The maximum absolute atomic E-state index is 13.9. The molecule has 0 spiro atoms. The number of aliphatic hydroxyl groups is 1. The second kappa shape index (κ2) is 30.7. The van der Waals surface area contributed by atoms with Gasteiger partial charge in [-0.2, -0.15) is 0 Å². The minimum atomic E-state index is -1.23. The third-order valence-electron chi connectivity index (χ3n) is 12.6. The van der Waals surface area contributed by atoms with Crippen molar-refractivity contribution in [1.82, 2.24) is 56.0 Å². The average Bonchev–Trinajstić information content (AvgIpc) is 4.45. The van der Waals surface area contributed by atoms with Gasteiger partial charge in [0.15, 0.2) is 23.1 Å². The van der Waals surface area contributed by atoms with Gasteiger partial charge < -0.3 is 65.3 Å². The van der Waals surface area contributed by atoms with Crippen LogP contribution in [0.4, 0.5) is 5.82 Å². The minimum absolute atomic E-state index is 0.0508. The van der Waals surface area contributed by atoms with Crippen molar-refractivity contribution in [2.75, 3.05) is 91.4 Å². The van der Waals surface area contributed by atoms with Crippen LogP contribution in [0.2, 0.25) is 0 Å². The Bertz CT molecular complexity index is 2810. The number of aryl methyl sites for hydroxylation is 2. The molecule has 1 saturated heterocycles. The summed E-state index contributed by atoms with van der Waals surface area (Å²) in [6, 6.07) is 6.60. The van der Waals surface area contributed by atoms with Crippen molar-refractivity contribution in [2.24, 2.45) is 5.41 Å². The number of pyridine rings is 1. The smallest absolute Gasteiger partial charge is 0.246 e. The van der Waals surface area contributed by atoms with Crippen LogP contribution in [0.5, 0.6) is 5.75 Å². The first-order valence-electron chi connectivity index (χ1n) is 27.0. The summed E-state index contributed by atoms with van der Waals surface area (Å²) in [5, 5.41) is 30.0. The van der Waals surface area contributed by atoms with Crippen LogP contribution in [0.25, 0.3) is 33.0 Å². The Hall–Kier alpha value is -6.59. The monoisotopic (exact) mass is 1110 g/mol. The van der Waals surface area contributed by atoms with Crippen LogP contribution in [0.15, 0.2) is 40.6 Å².